The largest absolute Gasteiger partial charge is 0.395 e. The molecule has 0 amide bonds. The van der Waals surface area contributed by atoms with Crippen LogP contribution < -0.4 is 5.32 Å². The monoisotopic (exact) mass is 171 g/mol. The Balaban J connectivity index is 2.28. The maximum Gasteiger partial charge on any atom is 0.0582 e. The Labute approximate surface area is 75.4 Å². The van der Waals surface area contributed by atoms with Crippen LogP contribution in [0.25, 0.3) is 0 Å². The number of nitrogens with one attached hydrogen (secondary N) is 1. The van der Waals surface area contributed by atoms with E-state index in [4.69, 9.17) is 5.11 Å². The molecule has 3 atom stereocenters. The zero-order valence-corrected chi connectivity index (χ0v) is 8.21. The van der Waals surface area contributed by atoms with Crippen LogP contribution in [0.5, 0.6) is 0 Å². The number of aliphatic hydroxyl groups excluding tert-OH is 1. The minimum Gasteiger partial charge on any atom is -0.395 e. The molecule has 2 heteroatoms. The minimum absolute atomic E-state index is 0.253. The fourth-order valence-corrected chi connectivity index (χ4v) is 1.98. The van der Waals surface area contributed by atoms with E-state index in [0.29, 0.717) is 6.04 Å². The van der Waals surface area contributed by atoms with Gasteiger partial charge in [0.1, 0.15) is 0 Å². The highest BCUT2D eigenvalue weighted by Gasteiger charge is 2.21. The quantitative estimate of drug-likeness (QED) is 0.675. The maximum absolute atomic E-state index is 8.89. The predicted octanol–water partition coefficient (Wildman–Crippen LogP) is 1.54. The van der Waals surface area contributed by atoms with Gasteiger partial charge in [0.15, 0.2) is 0 Å². The first-order valence-electron chi connectivity index (χ1n) is 5.11. The van der Waals surface area contributed by atoms with Crippen LogP contribution in [0, 0.1) is 5.92 Å². The molecule has 2 N–H and O–H groups in total. The zero-order valence-electron chi connectivity index (χ0n) is 8.21. The first-order chi connectivity index (χ1) is 5.74. The van der Waals surface area contributed by atoms with Crippen molar-refractivity contribution in [2.45, 2.75) is 51.6 Å². The van der Waals surface area contributed by atoms with Gasteiger partial charge in [-0.1, -0.05) is 19.8 Å². The van der Waals surface area contributed by atoms with Crippen LogP contribution in [0.3, 0.4) is 0 Å². The van der Waals surface area contributed by atoms with Crippen molar-refractivity contribution in [3.05, 3.63) is 0 Å². The second-order valence-electron chi connectivity index (χ2n) is 4.12. The van der Waals surface area contributed by atoms with E-state index in [-0.39, 0.29) is 12.6 Å². The summed E-state index contributed by atoms with van der Waals surface area (Å²) in [4.78, 5) is 0. The molecule has 12 heavy (non-hydrogen) atoms. The van der Waals surface area contributed by atoms with Crippen molar-refractivity contribution in [2.75, 3.05) is 6.61 Å². The molecule has 0 aromatic rings. The van der Waals surface area contributed by atoms with Gasteiger partial charge in [0.25, 0.3) is 0 Å². The molecular weight excluding hydrogens is 150 g/mol. The number of hydrogen-bond acceptors (Lipinski definition) is 2. The molecule has 0 spiro atoms. The summed E-state index contributed by atoms with van der Waals surface area (Å²) < 4.78 is 0. The highest BCUT2D eigenvalue weighted by Crippen LogP contribution is 2.23. The van der Waals surface area contributed by atoms with Gasteiger partial charge in [-0.05, 0) is 25.7 Å². The molecule has 0 heterocycles. The summed E-state index contributed by atoms with van der Waals surface area (Å²) in [6, 6.07) is 0.899. The Kier molecular flexibility index (Phi) is 4.02. The molecule has 0 aliphatic heterocycles. The molecule has 1 aliphatic rings. The number of rotatable bonds is 3. The SMILES string of the molecule is CC(CO)NC1CCCCC1C. The predicted molar refractivity (Wildman–Crippen MR) is 51.1 cm³/mol. The van der Waals surface area contributed by atoms with Gasteiger partial charge in [-0.15, -0.1) is 0 Å². The van der Waals surface area contributed by atoms with E-state index in [9.17, 15) is 0 Å². The summed E-state index contributed by atoms with van der Waals surface area (Å²) in [7, 11) is 0. The number of hydrogen-bond donors (Lipinski definition) is 2. The molecular formula is C10H21NO. The average molecular weight is 171 g/mol. The summed E-state index contributed by atoms with van der Waals surface area (Å²) >= 11 is 0. The van der Waals surface area contributed by atoms with E-state index in [1.807, 2.05) is 6.92 Å². The second-order valence-corrected chi connectivity index (χ2v) is 4.12. The lowest BCUT2D eigenvalue weighted by molar-refractivity contribution is 0.204. The van der Waals surface area contributed by atoms with E-state index in [1.165, 1.54) is 25.7 Å². The van der Waals surface area contributed by atoms with Crippen molar-refractivity contribution >= 4 is 0 Å². The second kappa shape index (κ2) is 4.83. The van der Waals surface area contributed by atoms with Crippen LogP contribution in [0.4, 0.5) is 0 Å². The first kappa shape index (κ1) is 10.0. The molecule has 1 fully saturated rings. The summed E-state index contributed by atoms with van der Waals surface area (Å²) in [5.74, 6) is 0.785. The van der Waals surface area contributed by atoms with Crippen molar-refractivity contribution in [3.8, 4) is 0 Å². The molecule has 0 radical (unpaired) electrons. The minimum atomic E-state index is 0.253. The molecule has 0 aromatic heterocycles. The maximum atomic E-state index is 8.89. The van der Waals surface area contributed by atoms with Crippen molar-refractivity contribution in [1.29, 1.82) is 0 Å². The lowest BCUT2D eigenvalue weighted by atomic mass is 9.85. The molecule has 3 unspecified atom stereocenters. The Hall–Kier alpha value is -0.0800. The molecule has 72 valence electrons. The standard InChI is InChI=1S/C10H21NO/c1-8-5-3-4-6-10(8)11-9(2)7-12/h8-12H,3-7H2,1-2H3. The summed E-state index contributed by atoms with van der Waals surface area (Å²) in [6.45, 7) is 4.60. The van der Waals surface area contributed by atoms with Gasteiger partial charge >= 0.3 is 0 Å². The van der Waals surface area contributed by atoms with Crippen molar-refractivity contribution in [1.82, 2.24) is 5.32 Å². The van der Waals surface area contributed by atoms with E-state index in [1.54, 1.807) is 0 Å². The van der Waals surface area contributed by atoms with Gasteiger partial charge in [0, 0.05) is 12.1 Å². The van der Waals surface area contributed by atoms with Gasteiger partial charge in [-0.2, -0.15) is 0 Å². The molecule has 1 saturated carbocycles. The van der Waals surface area contributed by atoms with Gasteiger partial charge in [-0.3, -0.25) is 0 Å². The van der Waals surface area contributed by atoms with Gasteiger partial charge in [0.05, 0.1) is 6.61 Å². The lowest BCUT2D eigenvalue weighted by Gasteiger charge is -2.31. The first-order valence-corrected chi connectivity index (χ1v) is 5.11. The molecule has 0 saturated heterocycles. The third kappa shape index (κ3) is 2.76. The smallest absolute Gasteiger partial charge is 0.0582 e. The fraction of sp³-hybridized carbons (Fsp3) is 1.00. The summed E-state index contributed by atoms with van der Waals surface area (Å²) in [6.07, 6.45) is 5.36. The van der Waals surface area contributed by atoms with Crippen molar-refractivity contribution in [2.24, 2.45) is 5.92 Å². The molecule has 2 nitrogen and oxygen atoms in total. The van der Waals surface area contributed by atoms with E-state index < -0.39 is 0 Å². The fourth-order valence-electron chi connectivity index (χ4n) is 1.98. The Morgan fingerprint density at radius 2 is 2.08 bits per heavy atom. The van der Waals surface area contributed by atoms with E-state index in [0.717, 1.165) is 5.92 Å². The summed E-state index contributed by atoms with van der Waals surface area (Å²) in [5.41, 5.74) is 0. The molecule has 1 rings (SSSR count). The van der Waals surface area contributed by atoms with Crippen LogP contribution >= 0.6 is 0 Å². The average Bonchev–Trinajstić information content (AvgIpc) is 2.09. The molecule has 0 bridgehead atoms. The van der Waals surface area contributed by atoms with Gasteiger partial charge in [-0.25, -0.2) is 0 Å². The zero-order chi connectivity index (χ0) is 8.97. The normalized spacial score (nSPS) is 33.2. The van der Waals surface area contributed by atoms with Gasteiger partial charge < -0.3 is 10.4 Å². The van der Waals surface area contributed by atoms with Crippen LogP contribution in [-0.4, -0.2) is 23.8 Å². The van der Waals surface area contributed by atoms with E-state index in [2.05, 4.69) is 12.2 Å². The van der Waals surface area contributed by atoms with Crippen LogP contribution in [0.15, 0.2) is 0 Å². The van der Waals surface area contributed by atoms with Crippen LogP contribution in [0.1, 0.15) is 39.5 Å². The summed E-state index contributed by atoms with van der Waals surface area (Å²) in [5, 5.41) is 12.4. The van der Waals surface area contributed by atoms with Crippen molar-refractivity contribution in [3.63, 3.8) is 0 Å². The highest BCUT2D eigenvalue weighted by atomic mass is 16.3. The van der Waals surface area contributed by atoms with Crippen LogP contribution in [-0.2, 0) is 0 Å². The van der Waals surface area contributed by atoms with Gasteiger partial charge in [0.2, 0.25) is 0 Å². The Morgan fingerprint density at radius 3 is 2.67 bits per heavy atom. The molecule has 0 aromatic carbocycles. The number of aliphatic hydroxyl groups is 1. The topological polar surface area (TPSA) is 32.3 Å². The lowest BCUT2D eigenvalue weighted by Crippen LogP contribution is -2.43. The third-order valence-electron chi connectivity index (χ3n) is 2.88. The van der Waals surface area contributed by atoms with Crippen molar-refractivity contribution < 1.29 is 5.11 Å². The highest BCUT2D eigenvalue weighted by molar-refractivity contribution is 4.79. The van der Waals surface area contributed by atoms with Crippen LogP contribution in [0.2, 0.25) is 0 Å². The molecule has 1 aliphatic carbocycles. The third-order valence-corrected chi connectivity index (χ3v) is 2.88. The Morgan fingerprint density at radius 1 is 1.42 bits per heavy atom. The van der Waals surface area contributed by atoms with E-state index >= 15 is 0 Å². The Bertz CT molecular complexity index is 127.